The van der Waals surface area contributed by atoms with Crippen molar-refractivity contribution in [3.8, 4) is 0 Å². The molecule has 2 aromatic carbocycles. The summed E-state index contributed by atoms with van der Waals surface area (Å²) in [6.45, 7) is 1.36. The number of urea groups is 1. The van der Waals surface area contributed by atoms with Crippen LogP contribution in [0.2, 0.25) is 0 Å². The van der Waals surface area contributed by atoms with Gasteiger partial charge in [0.1, 0.15) is 5.82 Å². The number of hydrogen-bond donors (Lipinski definition) is 1. The predicted octanol–water partition coefficient (Wildman–Crippen LogP) is 2.89. The molecule has 0 radical (unpaired) electrons. The lowest BCUT2D eigenvalue weighted by Gasteiger charge is -2.33. The Labute approximate surface area is 145 Å². The van der Waals surface area contributed by atoms with E-state index in [1.807, 2.05) is 0 Å². The van der Waals surface area contributed by atoms with Crippen molar-refractivity contribution < 1.29 is 17.6 Å². The Morgan fingerprint density at radius 2 is 1.64 bits per heavy atom. The van der Waals surface area contributed by atoms with Crippen molar-refractivity contribution in [3.63, 3.8) is 0 Å². The third-order valence-electron chi connectivity index (χ3n) is 3.99. The summed E-state index contributed by atoms with van der Waals surface area (Å²) in [5, 5.41) is 0. The first kappa shape index (κ1) is 17.2. The van der Waals surface area contributed by atoms with Gasteiger partial charge in [-0.1, -0.05) is 0 Å². The summed E-state index contributed by atoms with van der Waals surface area (Å²) in [6.07, 6.45) is 0.876. The number of hydrogen-bond acceptors (Lipinski definition) is 3. The third-order valence-corrected chi connectivity index (χ3v) is 5.39. The molecular weight excluding hydrogens is 345 g/mol. The number of carbonyl (C=O) groups is 1. The summed E-state index contributed by atoms with van der Waals surface area (Å²) in [5.41, 5.74) is 1.08. The molecule has 1 fully saturated rings. The summed E-state index contributed by atoms with van der Waals surface area (Å²) in [5.74, 6) is -0.500. The van der Waals surface area contributed by atoms with Crippen LogP contribution in [0.4, 0.5) is 20.6 Å². The number of halogens is 1. The minimum atomic E-state index is -3.79. The Morgan fingerprint density at radius 1 is 1.00 bits per heavy atom. The Hall–Kier alpha value is -2.61. The van der Waals surface area contributed by atoms with Crippen LogP contribution >= 0.6 is 0 Å². The molecule has 0 atom stereocenters. The molecule has 2 amide bonds. The maximum absolute atomic E-state index is 12.9. The van der Waals surface area contributed by atoms with Crippen LogP contribution in [0.3, 0.4) is 0 Å². The van der Waals surface area contributed by atoms with Crippen molar-refractivity contribution in [2.45, 2.75) is 11.3 Å². The van der Waals surface area contributed by atoms with E-state index in [0.29, 0.717) is 17.9 Å². The lowest BCUT2D eigenvalue weighted by molar-refractivity contribution is 0.207. The summed E-state index contributed by atoms with van der Waals surface area (Å²) >= 11 is 0. The van der Waals surface area contributed by atoms with E-state index in [-0.39, 0.29) is 10.9 Å². The minimum absolute atomic E-state index is 0.0224. The minimum Gasteiger partial charge on any atom is -0.327 e. The number of nitrogens with zero attached hydrogens (tertiary/aromatic N) is 2. The highest BCUT2D eigenvalue weighted by Crippen LogP contribution is 2.23. The zero-order valence-electron chi connectivity index (χ0n) is 13.6. The smallest absolute Gasteiger partial charge is 0.324 e. The molecule has 1 saturated heterocycles. The lowest BCUT2D eigenvalue weighted by atomic mass is 10.2. The molecular formula is C17H18FN3O3S. The molecule has 1 aliphatic heterocycles. The van der Waals surface area contributed by atoms with Gasteiger partial charge in [0, 0.05) is 31.5 Å². The molecule has 2 aromatic rings. The van der Waals surface area contributed by atoms with E-state index in [0.717, 1.165) is 25.1 Å². The fourth-order valence-electron chi connectivity index (χ4n) is 2.64. The Balaban J connectivity index is 1.76. The highest BCUT2D eigenvalue weighted by molar-refractivity contribution is 7.92. The van der Waals surface area contributed by atoms with Gasteiger partial charge in [-0.2, -0.15) is 0 Å². The van der Waals surface area contributed by atoms with E-state index in [9.17, 15) is 17.6 Å². The summed E-state index contributed by atoms with van der Waals surface area (Å²) in [6, 6.07) is 11.1. The van der Waals surface area contributed by atoms with Crippen LogP contribution in [0.5, 0.6) is 0 Å². The topological polar surface area (TPSA) is 69.7 Å². The van der Waals surface area contributed by atoms with Gasteiger partial charge >= 0.3 is 6.03 Å². The molecule has 0 unspecified atom stereocenters. The Bertz CT molecular complexity index is 867. The number of carbonyl (C=O) groups excluding carboxylic acids is 1. The maximum Gasteiger partial charge on any atom is 0.324 e. The molecule has 6 nitrogen and oxygen atoms in total. The van der Waals surface area contributed by atoms with Crippen LogP contribution < -0.4 is 9.62 Å². The van der Waals surface area contributed by atoms with Crippen molar-refractivity contribution in [2.75, 3.05) is 29.8 Å². The van der Waals surface area contributed by atoms with E-state index in [4.69, 9.17) is 0 Å². The number of amides is 2. The SMILES string of the molecule is CN1CCCN(c2ccc(NS(=O)(=O)c3ccc(F)cc3)cc2)C1=O. The first-order valence-corrected chi connectivity index (χ1v) is 9.26. The molecule has 0 spiro atoms. The quantitative estimate of drug-likeness (QED) is 0.908. The standard InChI is InChI=1S/C17H18FN3O3S/c1-20-11-2-12-21(17(20)22)15-7-5-14(6-8-15)19-25(23,24)16-9-3-13(18)4-10-16/h3-10,19H,2,11-12H2,1H3. The van der Waals surface area contributed by atoms with Gasteiger partial charge < -0.3 is 4.90 Å². The van der Waals surface area contributed by atoms with Crippen LogP contribution in [-0.4, -0.2) is 39.5 Å². The van der Waals surface area contributed by atoms with E-state index < -0.39 is 15.8 Å². The summed E-state index contributed by atoms with van der Waals surface area (Å²) in [7, 11) is -2.04. The van der Waals surface area contributed by atoms with Crippen molar-refractivity contribution >= 4 is 27.4 Å². The zero-order valence-corrected chi connectivity index (χ0v) is 14.5. The van der Waals surface area contributed by atoms with Crippen LogP contribution in [0, 0.1) is 5.82 Å². The summed E-state index contributed by atoms with van der Waals surface area (Å²) < 4.78 is 40.0. The monoisotopic (exact) mass is 363 g/mol. The molecule has 8 heteroatoms. The third kappa shape index (κ3) is 3.74. The molecule has 1 heterocycles. The van der Waals surface area contributed by atoms with E-state index in [1.165, 1.54) is 12.1 Å². The van der Waals surface area contributed by atoms with Crippen molar-refractivity contribution in [2.24, 2.45) is 0 Å². The van der Waals surface area contributed by atoms with Crippen molar-refractivity contribution in [1.29, 1.82) is 0 Å². The van der Waals surface area contributed by atoms with Gasteiger partial charge in [0.25, 0.3) is 10.0 Å². The molecule has 0 saturated carbocycles. The number of rotatable bonds is 4. The van der Waals surface area contributed by atoms with E-state index in [2.05, 4.69) is 4.72 Å². The van der Waals surface area contributed by atoms with Gasteiger partial charge in [-0.3, -0.25) is 9.62 Å². The summed E-state index contributed by atoms with van der Waals surface area (Å²) in [4.78, 5) is 15.4. The Morgan fingerprint density at radius 3 is 2.28 bits per heavy atom. The first-order chi connectivity index (χ1) is 11.9. The molecule has 3 rings (SSSR count). The highest BCUT2D eigenvalue weighted by atomic mass is 32.2. The van der Waals surface area contributed by atoms with Crippen molar-refractivity contribution in [3.05, 3.63) is 54.3 Å². The van der Waals surface area contributed by atoms with E-state index >= 15 is 0 Å². The average molecular weight is 363 g/mol. The predicted molar refractivity (Wildman–Crippen MR) is 93.6 cm³/mol. The van der Waals surface area contributed by atoms with Crippen LogP contribution in [0.1, 0.15) is 6.42 Å². The van der Waals surface area contributed by atoms with Gasteiger partial charge in [-0.15, -0.1) is 0 Å². The van der Waals surface area contributed by atoms with Gasteiger partial charge in [0.15, 0.2) is 0 Å². The van der Waals surface area contributed by atoms with Gasteiger partial charge in [0.05, 0.1) is 4.90 Å². The van der Waals surface area contributed by atoms with Crippen LogP contribution in [0.25, 0.3) is 0 Å². The molecule has 25 heavy (non-hydrogen) atoms. The van der Waals surface area contributed by atoms with Gasteiger partial charge in [0.2, 0.25) is 0 Å². The van der Waals surface area contributed by atoms with Crippen LogP contribution in [0.15, 0.2) is 53.4 Å². The molecule has 0 aromatic heterocycles. The normalized spacial score (nSPS) is 15.4. The molecule has 1 N–H and O–H groups in total. The van der Waals surface area contributed by atoms with Gasteiger partial charge in [-0.05, 0) is 55.0 Å². The number of sulfonamides is 1. The number of nitrogens with one attached hydrogen (secondary N) is 1. The van der Waals surface area contributed by atoms with E-state index in [1.54, 1.807) is 41.1 Å². The second-order valence-corrected chi connectivity index (χ2v) is 7.50. The second-order valence-electron chi connectivity index (χ2n) is 5.82. The van der Waals surface area contributed by atoms with Gasteiger partial charge in [-0.25, -0.2) is 17.6 Å². The maximum atomic E-state index is 12.9. The number of benzene rings is 2. The molecule has 0 bridgehead atoms. The molecule has 1 aliphatic rings. The fourth-order valence-corrected chi connectivity index (χ4v) is 3.70. The van der Waals surface area contributed by atoms with Crippen molar-refractivity contribution in [1.82, 2.24) is 4.90 Å². The fraction of sp³-hybridized carbons (Fsp3) is 0.235. The highest BCUT2D eigenvalue weighted by Gasteiger charge is 2.24. The molecule has 132 valence electrons. The Kier molecular flexibility index (Phi) is 4.63. The first-order valence-electron chi connectivity index (χ1n) is 7.78. The average Bonchev–Trinajstić information content (AvgIpc) is 2.58. The lowest BCUT2D eigenvalue weighted by Crippen LogP contribution is -2.47. The second kappa shape index (κ2) is 6.72. The number of anilines is 2. The van der Waals surface area contributed by atoms with Crippen LogP contribution in [-0.2, 0) is 10.0 Å². The zero-order chi connectivity index (χ0) is 18.0. The molecule has 0 aliphatic carbocycles. The largest absolute Gasteiger partial charge is 0.327 e.